The highest BCUT2D eigenvalue weighted by atomic mass is 35.5. The maximum absolute atomic E-state index is 11.3. The van der Waals surface area contributed by atoms with E-state index in [1.165, 1.54) is 28.7 Å². The first-order chi connectivity index (χ1) is 14.6. The molecule has 2 bridgehead atoms. The number of likely N-dealkylation sites (tertiary alicyclic amines) is 1. The molecule has 0 aromatic heterocycles. The zero-order valence-electron chi connectivity index (χ0n) is 17.0. The Bertz CT molecular complexity index is 1050. The number of nitrogens with zero attached hydrogens (tertiary/aromatic N) is 1. The third-order valence-electron chi connectivity index (χ3n) is 7.81. The van der Waals surface area contributed by atoms with Crippen LogP contribution in [0.25, 0.3) is 0 Å². The summed E-state index contributed by atoms with van der Waals surface area (Å²) >= 11 is 6.04. The van der Waals surface area contributed by atoms with Gasteiger partial charge in [-0.3, -0.25) is 0 Å². The largest absolute Gasteiger partial charge is 0.385 e. The maximum Gasteiger partial charge on any atom is 0.0920 e. The fraction of sp³-hybridized carbons (Fsp3) is 0.333. The Morgan fingerprint density at radius 3 is 2.00 bits per heavy atom. The second-order valence-electron chi connectivity index (χ2n) is 9.33. The van der Waals surface area contributed by atoms with E-state index in [1.54, 1.807) is 0 Å². The van der Waals surface area contributed by atoms with Gasteiger partial charge < -0.3 is 10.0 Å². The van der Waals surface area contributed by atoms with Gasteiger partial charge in [-0.1, -0.05) is 72.3 Å². The maximum atomic E-state index is 11.3. The van der Waals surface area contributed by atoms with Crippen LogP contribution in [0, 0.1) is 0 Å². The predicted molar refractivity (Wildman–Crippen MR) is 121 cm³/mol. The van der Waals surface area contributed by atoms with E-state index in [2.05, 4.69) is 53.4 Å². The summed E-state index contributed by atoms with van der Waals surface area (Å²) in [7, 11) is 0. The van der Waals surface area contributed by atoms with Crippen molar-refractivity contribution in [1.29, 1.82) is 0 Å². The van der Waals surface area contributed by atoms with Gasteiger partial charge in [0.15, 0.2) is 0 Å². The number of halogens is 1. The Morgan fingerprint density at radius 2 is 1.40 bits per heavy atom. The van der Waals surface area contributed by atoms with Gasteiger partial charge in [0.1, 0.15) is 0 Å². The topological polar surface area (TPSA) is 23.5 Å². The van der Waals surface area contributed by atoms with Crippen LogP contribution in [-0.4, -0.2) is 29.6 Å². The molecule has 1 heterocycles. The molecule has 0 atom stereocenters. The van der Waals surface area contributed by atoms with E-state index >= 15 is 0 Å². The average molecular weight is 416 g/mol. The number of piperidine rings is 1. The van der Waals surface area contributed by atoms with Crippen molar-refractivity contribution in [2.75, 3.05) is 19.6 Å². The van der Waals surface area contributed by atoms with E-state index in [9.17, 15) is 5.11 Å². The molecule has 3 aromatic carbocycles. The number of fused-ring (bicyclic) bond motifs is 8. The van der Waals surface area contributed by atoms with Gasteiger partial charge in [-0.15, -0.1) is 0 Å². The highest BCUT2D eigenvalue weighted by Gasteiger charge is 2.53. The molecule has 1 saturated heterocycles. The zero-order chi connectivity index (χ0) is 20.3. The summed E-state index contributed by atoms with van der Waals surface area (Å²) in [6.45, 7) is 2.86. The second kappa shape index (κ2) is 6.68. The molecule has 3 aliphatic rings. The Labute approximate surface area is 183 Å². The summed E-state index contributed by atoms with van der Waals surface area (Å²) in [6, 6.07) is 25.8. The van der Waals surface area contributed by atoms with Crippen LogP contribution in [0.5, 0.6) is 0 Å². The minimum atomic E-state index is -0.748. The number of benzene rings is 3. The standard InChI is InChI=1S/C27H26ClNO/c28-20-11-9-19(10-12-20)27(30)13-15-29(16-14-27)18-26-17-23(21-5-1-3-7-24(21)26)22-6-2-4-8-25(22)26/h1-12,23,30H,13-18H2. The monoisotopic (exact) mass is 415 g/mol. The predicted octanol–water partition coefficient (Wildman–Crippen LogP) is 5.46. The van der Waals surface area contributed by atoms with E-state index in [0.29, 0.717) is 10.9 Å². The van der Waals surface area contributed by atoms with Crippen LogP contribution in [-0.2, 0) is 11.0 Å². The molecule has 0 amide bonds. The van der Waals surface area contributed by atoms with Crippen molar-refractivity contribution >= 4 is 11.6 Å². The molecule has 1 fully saturated rings. The Morgan fingerprint density at radius 1 is 0.833 bits per heavy atom. The first-order valence-electron chi connectivity index (χ1n) is 11.0. The summed E-state index contributed by atoms with van der Waals surface area (Å²) in [4.78, 5) is 2.58. The summed E-state index contributed by atoms with van der Waals surface area (Å²) < 4.78 is 0. The molecule has 152 valence electrons. The molecule has 0 radical (unpaired) electrons. The van der Waals surface area contributed by atoms with E-state index < -0.39 is 5.60 Å². The smallest absolute Gasteiger partial charge is 0.0920 e. The molecule has 0 unspecified atom stereocenters. The zero-order valence-corrected chi connectivity index (χ0v) is 17.8. The molecule has 2 aliphatic carbocycles. The van der Waals surface area contributed by atoms with Crippen molar-refractivity contribution in [1.82, 2.24) is 4.90 Å². The molecule has 1 N–H and O–H groups in total. The van der Waals surface area contributed by atoms with Gasteiger partial charge in [-0.2, -0.15) is 0 Å². The van der Waals surface area contributed by atoms with Gasteiger partial charge in [-0.25, -0.2) is 0 Å². The number of rotatable bonds is 3. The number of hydrogen-bond acceptors (Lipinski definition) is 2. The van der Waals surface area contributed by atoms with Gasteiger partial charge in [-0.05, 0) is 59.2 Å². The molecule has 2 nitrogen and oxygen atoms in total. The third-order valence-corrected chi connectivity index (χ3v) is 8.07. The molecule has 3 aromatic rings. The molecule has 0 spiro atoms. The first-order valence-corrected chi connectivity index (χ1v) is 11.4. The lowest BCUT2D eigenvalue weighted by atomic mass is 9.74. The molecular formula is C27H26ClNO. The van der Waals surface area contributed by atoms with Crippen molar-refractivity contribution in [3.63, 3.8) is 0 Å². The molecule has 6 rings (SSSR count). The van der Waals surface area contributed by atoms with Crippen LogP contribution in [0.2, 0.25) is 5.02 Å². The fourth-order valence-corrected chi connectivity index (χ4v) is 6.45. The van der Waals surface area contributed by atoms with Crippen molar-refractivity contribution in [3.05, 3.63) is 106 Å². The summed E-state index contributed by atoms with van der Waals surface area (Å²) in [6.07, 6.45) is 2.71. The van der Waals surface area contributed by atoms with Crippen molar-refractivity contribution in [2.45, 2.75) is 36.2 Å². The quantitative estimate of drug-likeness (QED) is 0.614. The first kappa shape index (κ1) is 18.6. The lowest BCUT2D eigenvalue weighted by molar-refractivity contribution is -0.0289. The number of hydrogen-bond donors (Lipinski definition) is 1. The van der Waals surface area contributed by atoms with Crippen LogP contribution in [0.3, 0.4) is 0 Å². The molecular weight excluding hydrogens is 390 g/mol. The summed E-state index contributed by atoms with van der Waals surface area (Å²) in [5.41, 5.74) is 6.41. The van der Waals surface area contributed by atoms with Gasteiger partial charge in [0.25, 0.3) is 0 Å². The summed E-state index contributed by atoms with van der Waals surface area (Å²) in [5, 5.41) is 12.0. The van der Waals surface area contributed by atoms with Crippen molar-refractivity contribution < 1.29 is 5.11 Å². The molecule has 30 heavy (non-hydrogen) atoms. The van der Waals surface area contributed by atoms with E-state index in [4.69, 9.17) is 11.6 Å². The summed E-state index contributed by atoms with van der Waals surface area (Å²) in [5.74, 6) is 0.535. The lowest BCUT2D eigenvalue weighted by Crippen LogP contribution is -2.47. The molecule has 3 heteroatoms. The van der Waals surface area contributed by atoms with Gasteiger partial charge in [0.05, 0.1) is 5.60 Å². The number of aliphatic hydroxyl groups is 1. The van der Waals surface area contributed by atoms with Crippen LogP contribution in [0.1, 0.15) is 53.0 Å². The van der Waals surface area contributed by atoms with Crippen molar-refractivity contribution in [3.8, 4) is 0 Å². The second-order valence-corrected chi connectivity index (χ2v) is 9.76. The Hall–Kier alpha value is -2.13. The Balaban J connectivity index is 1.28. The minimum absolute atomic E-state index is 0.0909. The lowest BCUT2D eigenvalue weighted by Gasteiger charge is -2.43. The van der Waals surface area contributed by atoms with Crippen LogP contribution < -0.4 is 0 Å². The van der Waals surface area contributed by atoms with Gasteiger partial charge >= 0.3 is 0 Å². The highest BCUT2D eigenvalue weighted by molar-refractivity contribution is 6.30. The van der Waals surface area contributed by atoms with Crippen LogP contribution >= 0.6 is 11.6 Å². The van der Waals surface area contributed by atoms with Gasteiger partial charge in [0.2, 0.25) is 0 Å². The van der Waals surface area contributed by atoms with Crippen LogP contribution in [0.4, 0.5) is 0 Å². The van der Waals surface area contributed by atoms with Crippen LogP contribution in [0.15, 0.2) is 72.8 Å². The minimum Gasteiger partial charge on any atom is -0.385 e. The van der Waals surface area contributed by atoms with E-state index in [0.717, 1.165) is 38.0 Å². The normalized spacial score (nSPS) is 26.4. The average Bonchev–Trinajstić information content (AvgIpc) is 3.28. The van der Waals surface area contributed by atoms with E-state index in [1.807, 2.05) is 24.3 Å². The SMILES string of the molecule is OC1(c2ccc(Cl)cc2)CCN(CC23CC(c4ccccc42)c2ccccc23)CC1. The molecule has 1 aliphatic heterocycles. The fourth-order valence-electron chi connectivity index (χ4n) is 6.32. The third kappa shape index (κ3) is 2.64. The van der Waals surface area contributed by atoms with Gasteiger partial charge in [0, 0.05) is 36.0 Å². The molecule has 0 saturated carbocycles. The Kier molecular flexibility index (Phi) is 4.15. The van der Waals surface area contributed by atoms with Crippen molar-refractivity contribution in [2.24, 2.45) is 0 Å². The van der Waals surface area contributed by atoms with E-state index in [-0.39, 0.29) is 5.41 Å². The highest BCUT2D eigenvalue weighted by Crippen LogP contribution is 2.60.